The predicted octanol–water partition coefficient (Wildman–Crippen LogP) is 2.50. The average Bonchev–Trinajstić information content (AvgIpc) is 3.01. The van der Waals surface area contributed by atoms with Crippen molar-refractivity contribution in [1.82, 2.24) is 9.88 Å². The Hall–Kier alpha value is -1.63. The Labute approximate surface area is 156 Å². The van der Waals surface area contributed by atoms with Crippen LogP contribution in [0.25, 0.3) is 0 Å². The van der Waals surface area contributed by atoms with Crippen LogP contribution in [0.3, 0.4) is 0 Å². The highest BCUT2D eigenvalue weighted by molar-refractivity contribution is 7.91. The normalized spacial score (nSPS) is 25.2. The minimum absolute atomic E-state index is 0.0319. The molecule has 1 aromatic heterocycles. The molecule has 2 fully saturated rings. The van der Waals surface area contributed by atoms with Gasteiger partial charge in [0.2, 0.25) is 0 Å². The summed E-state index contributed by atoms with van der Waals surface area (Å²) >= 11 is 0. The maximum atomic E-state index is 13.0. The van der Waals surface area contributed by atoms with Gasteiger partial charge in [0.25, 0.3) is 5.91 Å². The van der Waals surface area contributed by atoms with Crippen molar-refractivity contribution in [2.75, 3.05) is 29.5 Å². The molecule has 1 aromatic rings. The van der Waals surface area contributed by atoms with E-state index in [1.54, 1.807) is 12.4 Å². The van der Waals surface area contributed by atoms with Crippen molar-refractivity contribution in [2.45, 2.75) is 58.0 Å². The van der Waals surface area contributed by atoms with Crippen molar-refractivity contribution >= 4 is 21.4 Å². The second-order valence-electron chi connectivity index (χ2n) is 7.33. The number of rotatable bonds is 5. The first kappa shape index (κ1) is 19.1. The number of sulfone groups is 1. The summed E-state index contributed by atoms with van der Waals surface area (Å²) < 4.78 is 23.7. The van der Waals surface area contributed by atoms with E-state index in [-0.39, 0.29) is 23.5 Å². The Morgan fingerprint density at radius 2 is 2.08 bits per heavy atom. The molecule has 2 saturated heterocycles. The van der Waals surface area contributed by atoms with Crippen molar-refractivity contribution in [3.63, 3.8) is 0 Å². The molecule has 0 bridgehead atoms. The Kier molecular flexibility index (Phi) is 5.85. The third kappa shape index (κ3) is 4.03. The van der Waals surface area contributed by atoms with E-state index in [9.17, 15) is 13.2 Å². The van der Waals surface area contributed by atoms with Gasteiger partial charge in [0.1, 0.15) is 0 Å². The van der Waals surface area contributed by atoms with Gasteiger partial charge in [-0.1, -0.05) is 6.92 Å². The molecule has 3 rings (SSSR count). The Morgan fingerprint density at radius 3 is 2.73 bits per heavy atom. The van der Waals surface area contributed by atoms with Crippen LogP contribution in [0.15, 0.2) is 18.5 Å². The maximum Gasteiger partial charge on any atom is 0.255 e. The molecule has 0 aromatic carbocycles. The number of hydrogen-bond acceptors (Lipinski definition) is 5. The lowest BCUT2D eigenvalue weighted by molar-refractivity contribution is 0.0607. The molecule has 26 heavy (non-hydrogen) atoms. The van der Waals surface area contributed by atoms with Gasteiger partial charge >= 0.3 is 0 Å². The van der Waals surface area contributed by atoms with E-state index in [0.29, 0.717) is 24.6 Å². The van der Waals surface area contributed by atoms with E-state index in [2.05, 4.69) is 16.8 Å². The summed E-state index contributed by atoms with van der Waals surface area (Å²) in [4.78, 5) is 21.4. The summed E-state index contributed by atoms with van der Waals surface area (Å²) in [6.45, 7) is 5.64. The van der Waals surface area contributed by atoms with Gasteiger partial charge < -0.3 is 9.80 Å². The van der Waals surface area contributed by atoms with Crippen LogP contribution in [-0.4, -0.2) is 60.9 Å². The molecular formula is C19H29N3O3S. The lowest BCUT2D eigenvalue weighted by Gasteiger charge is -2.35. The fourth-order valence-corrected chi connectivity index (χ4v) is 5.96. The van der Waals surface area contributed by atoms with Gasteiger partial charge in [-0.3, -0.25) is 9.78 Å². The highest BCUT2D eigenvalue weighted by Crippen LogP contribution is 2.26. The number of piperidine rings is 1. The van der Waals surface area contributed by atoms with Crippen molar-refractivity contribution in [1.29, 1.82) is 0 Å². The van der Waals surface area contributed by atoms with Gasteiger partial charge in [0, 0.05) is 31.4 Å². The average molecular weight is 380 g/mol. The van der Waals surface area contributed by atoms with E-state index >= 15 is 0 Å². The van der Waals surface area contributed by atoms with E-state index in [1.165, 1.54) is 6.42 Å². The molecule has 7 heteroatoms. The SMILES string of the molecule is CCC1CCCCN1C(=O)c1cncc(N(CC)C2CCS(=O)(=O)C2)c1. The first-order chi connectivity index (χ1) is 12.4. The van der Waals surface area contributed by atoms with Crippen LogP contribution in [0.5, 0.6) is 0 Å². The minimum Gasteiger partial charge on any atom is -0.367 e. The van der Waals surface area contributed by atoms with Crippen LogP contribution in [0.2, 0.25) is 0 Å². The molecule has 6 nitrogen and oxygen atoms in total. The number of hydrogen-bond donors (Lipinski definition) is 0. The first-order valence-electron chi connectivity index (χ1n) is 9.68. The zero-order chi connectivity index (χ0) is 18.7. The molecule has 144 valence electrons. The third-order valence-electron chi connectivity index (χ3n) is 5.65. The zero-order valence-electron chi connectivity index (χ0n) is 15.7. The topological polar surface area (TPSA) is 70.6 Å². The molecule has 3 heterocycles. The molecule has 2 unspecified atom stereocenters. The van der Waals surface area contributed by atoms with Crippen LogP contribution in [0.1, 0.15) is 56.3 Å². The van der Waals surface area contributed by atoms with Crippen LogP contribution in [-0.2, 0) is 9.84 Å². The van der Waals surface area contributed by atoms with Crippen LogP contribution >= 0.6 is 0 Å². The van der Waals surface area contributed by atoms with Crippen molar-refractivity contribution in [2.24, 2.45) is 0 Å². The van der Waals surface area contributed by atoms with E-state index in [4.69, 9.17) is 0 Å². The Bertz CT molecular complexity index is 750. The summed E-state index contributed by atoms with van der Waals surface area (Å²) in [5.41, 5.74) is 1.44. The number of nitrogens with zero attached hydrogens (tertiary/aromatic N) is 3. The highest BCUT2D eigenvalue weighted by Gasteiger charge is 2.32. The molecule has 2 aliphatic rings. The molecule has 2 aliphatic heterocycles. The van der Waals surface area contributed by atoms with Crippen molar-refractivity contribution in [3.8, 4) is 0 Å². The first-order valence-corrected chi connectivity index (χ1v) is 11.5. The standard InChI is InChI=1S/C19H29N3O3S/c1-3-16-7-5-6-9-22(16)19(23)15-11-18(13-20-12-15)21(4-2)17-8-10-26(24,25)14-17/h11-13,16-17H,3-10,14H2,1-2H3. The fourth-order valence-electron chi connectivity index (χ4n) is 4.23. The molecule has 0 saturated carbocycles. The van der Waals surface area contributed by atoms with Gasteiger partial charge in [-0.15, -0.1) is 0 Å². The van der Waals surface area contributed by atoms with Gasteiger partial charge in [-0.2, -0.15) is 0 Å². The predicted molar refractivity (Wildman–Crippen MR) is 103 cm³/mol. The molecular weight excluding hydrogens is 350 g/mol. The number of anilines is 1. The molecule has 0 spiro atoms. The summed E-state index contributed by atoms with van der Waals surface area (Å²) in [5.74, 6) is 0.468. The summed E-state index contributed by atoms with van der Waals surface area (Å²) in [6, 6.07) is 2.16. The van der Waals surface area contributed by atoms with Crippen molar-refractivity contribution < 1.29 is 13.2 Å². The highest BCUT2D eigenvalue weighted by atomic mass is 32.2. The van der Waals surface area contributed by atoms with Gasteiger partial charge in [-0.05, 0) is 45.1 Å². The molecule has 2 atom stereocenters. The number of likely N-dealkylation sites (tertiary alicyclic amines) is 1. The van der Waals surface area contributed by atoms with Gasteiger partial charge in [-0.25, -0.2) is 8.42 Å². The summed E-state index contributed by atoms with van der Waals surface area (Å²) in [7, 11) is -2.95. The maximum absolute atomic E-state index is 13.0. The number of aromatic nitrogens is 1. The minimum atomic E-state index is -2.95. The number of amides is 1. The fraction of sp³-hybridized carbons (Fsp3) is 0.684. The smallest absolute Gasteiger partial charge is 0.255 e. The summed E-state index contributed by atoms with van der Waals surface area (Å²) in [6.07, 6.45) is 8.27. The van der Waals surface area contributed by atoms with Gasteiger partial charge in [0.15, 0.2) is 9.84 Å². The Morgan fingerprint density at radius 1 is 1.27 bits per heavy atom. The number of pyridine rings is 1. The van der Waals surface area contributed by atoms with Crippen LogP contribution in [0.4, 0.5) is 5.69 Å². The second-order valence-corrected chi connectivity index (χ2v) is 9.56. The monoisotopic (exact) mass is 379 g/mol. The summed E-state index contributed by atoms with van der Waals surface area (Å²) in [5, 5.41) is 0. The van der Waals surface area contributed by atoms with Crippen LogP contribution in [0, 0.1) is 0 Å². The molecule has 1 amide bonds. The van der Waals surface area contributed by atoms with Gasteiger partial charge in [0.05, 0.1) is 29.0 Å². The molecule has 0 aliphatic carbocycles. The zero-order valence-corrected chi connectivity index (χ0v) is 16.5. The molecule has 0 N–H and O–H groups in total. The number of carbonyl (C=O) groups excluding carboxylic acids is 1. The second kappa shape index (κ2) is 7.94. The lowest BCUT2D eigenvalue weighted by atomic mass is 9.99. The number of carbonyl (C=O) groups is 1. The molecule has 0 radical (unpaired) electrons. The Balaban J connectivity index is 1.81. The van der Waals surface area contributed by atoms with E-state index in [1.807, 2.05) is 17.9 Å². The third-order valence-corrected chi connectivity index (χ3v) is 7.40. The largest absolute Gasteiger partial charge is 0.367 e. The van der Waals surface area contributed by atoms with Crippen LogP contribution < -0.4 is 4.90 Å². The van der Waals surface area contributed by atoms with E-state index < -0.39 is 9.84 Å². The lowest BCUT2D eigenvalue weighted by Crippen LogP contribution is -2.43. The van der Waals surface area contributed by atoms with E-state index in [0.717, 1.165) is 31.5 Å². The van der Waals surface area contributed by atoms with Crippen molar-refractivity contribution in [3.05, 3.63) is 24.0 Å². The quantitative estimate of drug-likeness (QED) is 0.786.